The zero-order valence-corrected chi connectivity index (χ0v) is 17.2. The molecule has 1 unspecified atom stereocenters. The van der Waals surface area contributed by atoms with Gasteiger partial charge in [-0.3, -0.25) is 0 Å². The number of para-hydroxylation sites is 1. The molecular formula is C24H30F3NO. The highest BCUT2D eigenvalue weighted by Gasteiger charge is 2.38. The highest BCUT2D eigenvalue weighted by molar-refractivity contribution is 5.37. The molecular weight excluding hydrogens is 375 g/mol. The largest absolute Gasteiger partial charge is 0.482 e. The molecule has 158 valence electrons. The summed E-state index contributed by atoms with van der Waals surface area (Å²) in [5.41, 5.74) is -0.683. The van der Waals surface area contributed by atoms with Gasteiger partial charge in [-0.25, -0.2) is 0 Å². The predicted octanol–water partition coefficient (Wildman–Crippen LogP) is 6.65. The molecule has 0 aromatic heterocycles. The maximum absolute atomic E-state index is 13.5. The molecule has 0 aliphatic heterocycles. The van der Waals surface area contributed by atoms with Crippen molar-refractivity contribution in [3.05, 3.63) is 65.7 Å². The highest BCUT2D eigenvalue weighted by Crippen LogP contribution is 2.40. The molecule has 3 rings (SSSR count). The monoisotopic (exact) mass is 405 g/mol. The summed E-state index contributed by atoms with van der Waals surface area (Å²) in [6.07, 6.45) is 0.872. The maximum atomic E-state index is 13.5. The Labute approximate surface area is 171 Å². The summed E-state index contributed by atoms with van der Waals surface area (Å²) < 4.78 is 46.7. The molecule has 2 nitrogen and oxygen atoms in total. The van der Waals surface area contributed by atoms with E-state index in [2.05, 4.69) is 11.8 Å². The van der Waals surface area contributed by atoms with E-state index in [-0.39, 0.29) is 5.75 Å². The third-order valence-corrected chi connectivity index (χ3v) is 5.65. The number of rotatable bonds is 10. The van der Waals surface area contributed by atoms with Gasteiger partial charge in [-0.2, -0.15) is 13.2 Å². The van der Waals surface area contributed by atoms with Crippen LogP contribution in [0.5, 0.6) is 5.75 Å². The van der Waals surface area contributed by atoms with Gasteiger partial charge >= 0.3 is 6.18 Å². The van der Waals surface area contributed by atoms with Gasteiger partial charge in [0.2, 0.25) is 0 Å². The summed E-state index contributed by atoms with van der Waals surface area (Å²) in [5.74, 6) is -0.113. The van der Waals surface area contributed by atoms with Gasteiger partial charge in [0, 0.05) is 19.0 Å². The Morgan fingerprint density at radius 3 is 2.24 bits per heavy atom. The minimum absolute atomic E-state index is 0.113. The molecule has 0 radical (unpaired) electrons. The Bertz CT molecular complexity index is 773. The molecule has 29 heavy (non-hydrogen) atoms. The molecule has 2 aromatic carbocycles. The first-order chi connectivity index (χ1) is 13.8. The van der Waals surface area contributed by atoms with Crippen molar-refractivity contribution in [2.45, 2.75) is 63.8 Å². The van der Waals surface area contributed by atoms with Crippen molar-refractivity contribution in [3.63, 3.8) is 0 Å². The van der Waals surface area contributed by atoms with Crippen molar-refractivity contribution >= 4 is 0 Å². The molecule has 1 atom stereocenters. The second-order valence-corrected chi connectivity index (χ2v) is 8.06. The van der Waals surface area contributed by atoms with Gasteiger partial charge in [-0.1, -0.05) is 55.8 Å². The Balaban J connectivity index is 1.85. The second-order valence-electron chi connectivity index (χ2n) is 8.06. The number of ether oxygens (including phenoxy) is 1. The van der Waals surface area contributed by atoms with E-state index in [0.29, 0.717) is 12.5 Å². The van der Waals surface area contributed by atoms with Crippen molar-refractivity contribution in [2.75, 3.05) is 13.1 Å². The van der Waals surface area contributed by atoms with E-state index < -0.39 is 17.3 Å². The zero-order valence-electron chi connectivity index (χ0n) is 17.2. The van der Waals surface area contributed by atoms with Crippen molar-refractivity contribution in [2.24, 2.45) is 0 Å². The first-order valence-corrected chi connectivity index (χ1v) is 10.5. The van der Waals surface area contributed by atoms with E-state index in [1.807, 2.05) is 37.3 Å². The van der Waals surface area contributed by atoms with Gasteiger partial charge in [0.05, 0.1) is 5.56 Å². The zero-order chi connectivity index (χ0) is 20.9. The van der Waals surface area contributed by atoms with Gasteiger partial charge in [0.15, 0.2) is 0 Å². The van der Waals surface area contributed by atoms with Gasteiger partial charge in [0.1, 0.15) is 11.4 Å². The van der Waals surface area contributed by atoms with Crippen LogP contribution in [0.4, 0.5) is 13.2 Å². The molecule has 0 amide bonds. The van der Waals surface area contributed by atoms with Crippen LogP contribution in [0.15, 0.2) is 54.6 Å². The third kappa shape index (κ3) is 5.75. The molecule has 0 saturated heterocycles. The summed E-state index contributed by atoms with van der Waals surface area (Å²) in [6.45, 7) is 5.92. The summed E-state index contributed by atoms with van der Waals surface area (Å²) in [6, 6.07) is 15.7. The lowest BCUT2D eigenvalue weighted by Gasteiger charge is -2.35. The van der Waals surface area contributed by atoms with Crippen molar-refractivity contribution in [3.8, 4) is 5.75 Å². The standard InChI is InChI=1S/C24H30F3NO/c1-3-4-17-28(20-14-15-20)18-16-23(2,19-10-6-5-7-11-19)29-22-13-9-8-12-21(22)24(25,26)27/h5-13,20H,3-4,14-18H2,1-2H3. The summed E-state index contributed by atoms with van der Waals surface area (Å²) in [5, 5.41) is 0. The molecule has 1 saturated carbocycles. The van der Waals surface area contributed by atoms with Crippen LogP contribution in [0.1, 0.15) is 57.1 Å². The first-order valence-electron chi connectivity index (χ1n) is 10.5. The lowest BCUT2D eigenvalue weighted by Crippen LogP contribution is -2.37. The van der Waals surface area contributed by atoms with E-state index >= 15 is 0 Å². The summed E-state index contributed by atoms with van der Waals surface area (Å²) in [4.78, 5) is 2.48. The maximum Gasteiger partial charge on any atom is 0.419 e. The Morgan fingerprint density at radius 1 is 0.966 bits per heavy atom. The van der Waals surface area contributed by atoms with Crippen LogP contribution < -0.4 is 4.74 Å². The van der Waals surface area contributed by atoms with Crippen molar-refractivity contribution in [1.29, 1.82) is 0 Å². The molecule has 0 spiro atoms. The third-order valence-electron chi connectivity index (χ3n) is 5.65. The average Bonchev–Trinajstić information content (AvgIpc) is 3.53. The van der Waals surface area contributed by atoms with E-state index in [9.17, 15) is 13.2 Å². The van der Waals surface area contributed by atoms with Crippen LogP contribution in [0.2, 0.25) is 0 Å². The number of halogens is 3. The average molecular weight is 406 g/mol. The quantitative estimate of drug-likeness (QED) is 0.438. The summed E-state index contributed by atoms with van der Waals surface area (Å²) >= 11 is 0. The van der Waals surface area contributed by atoms with Gasteiger partial charge in [-0.05, 0) is 50.4 Å². The van der Waals surface area contributed by atoms with Gasteiger partial charge in [-0.15, -0.1) is 0 Å². The van der Waals surface area contributed by atoms with Crippen molar-refractivity contribution in [1.82, 2.24) is 4.90 Å². The lowest BCUT2D eigenvalue weighted by atomic mass is 9.91. The topological polar surface area (TPSA) is 12.5 Å². The van der Waals surface area contributed by atoms with Crippen LogP contribution in [-0.2, 0) is 11.8 Å². The molecule has 1 aliphatic carbocycles. The molecule has 2 aromatic rings. The van der Waals surface area contributed by atoms with Crippen LogP contribution in [0.3, 0.4) is 0 Å². The molecule has 1 aliphatic rings. The summed E-state index contributed by atoms with van der Waals surface area (Å²) in [7, 11) is 0. The molecule has 1 fully saturated rings. The Hall–Kier alpha value is -2.01. The number of unbranched alkanes of at least 4 members (excludes halogenated alkanes) is 1. The minimum Gasteiger partial charge on any atom is -0.482 e. The number of hydrogen-bond donors (Lipinski definition) is 0. The first kappa shape index (κ1) is 21.7. The van der Waals surface area contributed by atoms with E-state index in [0.717, 1.165) is 37.6 Å². The van der Waals surface area contributed by atoms with Gasteiger partial charge < -0.3 is 9.64 Å². The fourth-order valence-electron chi connectivity index (χ4n) is 3.71. The number of alkyl halides is 3. The predicted molar refractivity (Wildman–Crippen MR) is 110 cm³/mol. The Morgan fingerprint density at radius 2 is 1.62 bits per heavy atom. The molecule has 0 heterocycles. The minimum atomic E-state index is -4.45. The highest BCUT2D eigenvalue weighted by atomic mass is 19.4. The fraction of sp³-hybridized carbons (Fsp3) is 0.500. The SMILES string of the molecule is CCCCN(CCC(C)(Oc1ccccc1C(F)(F)F)c1ccccc1)C1CC1. The molecule has 0 bridgehead atoms. The number of nitrogens with zero attached hydrogens (tertiary/aromatic N) is 1. The fourth-order valence-corrected chi connectivity index (χ4v) is 3.71. The number of benzene rings is 2. The Kier molecular flexibility index (Phi) is 6.89. The lowest BCUT2D eigenvalue weighted by molar-refractivity contribution is -0.140. The van der Waals surface area contributed by atoms with Crippen LogP contribution >= 0.6 is 0 Å². The normalized spacial score (nSPS) is 16.6. The van der Waals surface area contributed by atoms with Crippen molar-refractivity contribution < 1.29 is 17.9 Å². The van der Waals surface area contributed by atoms with E-state index in [1.54, 1.807) is 6.07 Å². The molecule has 0 N–H and O–H groups in total. The van der Waals surface area contributed by atoms with E-state index in [4.69, 9.17) is 4.74 Å². The van der Waals surface area contributed by atoms with Crippen LogP contribution in [0.25, 0.3) is 0 Å². The van der Waals surface area contributed by atoms with Gasteiger partial charge in [0.25, 0.3) is 0 Å². The van der Waals surface area contributed by atoms with Crippen LogP contribution in [0, 0.1) is 0 Å². The smallest absolute Gasteiger partial charge is 0.419 e. The van der Waals surface area contributed by atoms with E-state index in [1.165, 1.54) is 25.0 Å². The van der Waals surface area contributed by atoms with Crippen LogP contribution in [-0.4, -0.2) is 24.0 Å². The number of hydrogen-bond acceptors (Lipinski definition) is 2. The molecule has 5 heteroatoms. The second kappa shape index (κ2) is 9.21.